The minimum atomic E-state index is -3.99. The highest BCUT2D eigenvalue weighted by Gasteiger charge is 2.23. The predicted octanol–water partition coefficient (Wildman–Crippen LogP) is 4.10. The van der Waals surface area contributed by atoms with Gasteiger partial charge in [0.05, 0.1) is 11.9 Å². The largest absolute Gasteiger partial charge is 0.439 e. The van der Waals surface area contributed by atoms with Crippen LogP contribution < -0.4 is 19.7 Å². The van der Waals surface area contributed by atoms with E-state index in [-0.39, 0.29) is 16.7 Å². The van der Waals surface area contributed by atoms with Crippen LogP contribution in [0.3, 0.4) is 0 Å². The molecule has 5 rings (SSSR count). The van der Waals surface area contributed by atoms with Crippen LogP contribution in [0.2, 0.25) is 5.02 Å². The molecule has 2 aromatic heterocycles. The van der Waals surface area contributed by atoms with Crippen molar-refractivity contribution in [2.75, 3.05) is 35.8 Å². The number of sulfonamides is 1. The van der Waals surface area contributed by atoms with E-state index in [2.05, 4.69) is 30.0 Å². The summed E-state index contributed by atoms with van der Waals surface area (Å²) in [6.45, 7) is 5.73. The van der Waals surface area contributed by atoms with Gasteiger partial charge in [-0.05, 0) is 36.8 Å². The van der Waals surface area contributed by atoms with Crippen LogP contribution >= 0.6 is 11.6 Å². The molecule has 0 aliphatic carbocycles. The maximum Gasteiger partial charge on any atom is 0.267 e. The molecule has 0 amide bonds. The Morgan fingerprint density at radius 3 is 2.47 bits per heavy atom. The van der Waals surface area contributed by atoms with Crippen LogP contribution in [0, 0.1) is 0 Å². The van der Waals surface area contributed by atoms with Gasteiger partial charge in [0, 0.05) is 61.3 Å². The van der Waals surface area contributed by atoms with E-state index in [0.29, 0.717) is 34.0 Å². The molecule has 0 unspecified atom stereocenters. The van der Waals surface area contributed by atoms with Crippen molar-refractivity contribution < 1.29 is 13.2 Å². The van der Waals surface area contributed by atoms with Gasteiger partial charge >= 0.3 is 0 Å². The van der Waals surface area contributed by atoms with E-state index in [4.69, 9.17) is 16.3 Å². The van der Waals surface area contributed by atoms with Crippen LogP contribution in [0.5, 0.6) is 11.6 Å². The van der Waals surface area contributed by atoms with Crippen LogP contribution in [0.25, 0.3) is 11.3 Å². The smallest absolute Gasteiger partial charge is 0.267 e. The number of aromatic nitrogens is 4. The Balaban J connectivity index is 1.53. The molecule has 0 saturated carbocycles. The zero-order chi connectivity index (χ0) is 26.7. The van der Waals surface area contributed by atoms with E-state index in [1.165, 1.54) is 17.1 Å². The number of nitrogens with zero attached hydrogens (tertiary/aromatic N) is 5. The van der Waals surface area contributed by atoms with Crippen molar-refractivity contribution in [2.45, 2.75) is 18.2 Å². The summed E-state index contributed by atoms with van der Waals surface area (Å²) in [5.41, 5.74) is 2.95. The Bertz CT molecular complexity index is 1530. The average Bonchev–Trinajstić information content (AvgIpc) is 3.37. The Kier molecular flexibility index (Phi) is 7.50. The number of piperazine rings is 1. The number of hydrogen-bond acceptors (Lipinski definition) is 8. The summed E-state index contributed by atoms with van der Waals surface area (Å²) in [5, 5.41) is 7.78. The molecule has 10 nitrogen and oxygen atoms in total. The van der Waals surface area contributed by atoms with E-state index in [1.807, 2.05) is 49.4 Å². The molecule has 12 heteroatoms. The lowest BCUT2D eigenvalue weighted by Gasteiger charge is -2.29. The van der Waals surface area contributed by atoms with Crippen molar-refractivity contribution >= 4 is 33.3 Å². The molecule has 4 aromatic rings. The highest BCUT2D eigenvalue weighted by atomic mass is 35.5. The monoisotopic (exact) mass is 553 g/mol. The number of aryl methyl sites for hydroxylation is 1. The minimum absolute atomic E-state index is 0.00608. The van der Waals surface area contributed by atoms with Crippen LogP contribution in [0.1, 0.15) is 12.5 Å². The molecule has 1 aliphatic rings. The third-order valence-electron chi connectivity index (χ3n) is 6.20. The molecule has 1 fully saturated rings. The molecule has 38 heavy (non-hydrogen) atoms. The molecule has 0 atom stereocenters. The quantitative estimate of drug-likeness (QED) is 0.335. The zero-order valence-corrected chi connectivity index (χ0v) is 22.6. The maximum absolute atomic E-state index is 13.0. The fraction of sp³-hybridized carbons (Fsp3) is 0.269. The van der Waals surface area contributed by atoms with Gasteiger partial charge in [0.1, 0.15) is 10.6 Å². The van der Waals surface area contributed by atoms with Gasteiger partial charge in [0.15, 0.2) is 0 Å². The first-order chi connectivity index (χ1) is 18.3. The Morgan fingerprint density at radius 2 is 1.82 bits per heavy atom. The second-order valence-corrected chi connectivity index (χ2v) is 10.9. The Morgan fingerprint density at radius 1 is 1.08 bits per heavy atom. The summed E-state index contributed by atoms with van der Waals surface area (Å²) >= 11 is 6.52. The molecule has 0 spiro atoms. The summed E-state index contributed by atoms with van der Waals surface area (Å²) in [5.74, 6) is 0.688. The van der Waals surface area contributed by atoms with Crippen molar-refractivity contribution in [3.63, 3.8) is 0 Å². The second-order valence-electron chi connectivity index (χ2n) is 8.80. The molecule has 2 aromatic carbocycles. The first-order valence-corrected chi connectivity index (χ1v) is 14.1. The molecule has 1 saturated heterocycles. The lowest BCUT2D eigenvalue weighted by atomic mass is 10.0. The van der Waals surface area contributed by atoms with Crippen LogP contribution in [-0.4, -0.2) is 54.3 Å². The Labute approximate surface area is 226 Å². The molecule has 198 valence electrons. The number of anilines is 2. The first kappa shape index (κ1) is 26.0. The molecular weight excluding hydrogens is 526 g/mol. The third-order valence-corrected chi connectivity index (χ3v) is 7.81. The molecular formula is C26H28ClN7O3S. The average molecular weight is 554 g/mol. The second kappa shape index (κ2) is 11.0. The Hall–Kier alpha value is -3.67. The van der Waals surface area contributed by atoms with Crippen molar-refractivity contribution in [3.8, 4) is 22.9 Å². The zero-order valence-electron chi connectivity index (χ0n) is 21.1. The number of hydrogen-bond donors (Lipinski definition) is 2. The van der Waals surface area contributed by atoms with Gasteiger partial charge in [-0.25, -0.2) is 18.1 Å². The van der Waals surface area contributed by atoms with E-state index < -0.39 is 10.0 Å². The van der Waals surface area contributed by atoms with Crippen LogP contribution in [0.4, 0.5) is 11.6 Å². The molecule has 0 radical (unpaired) electrons. The number of nitrogens with one attached hydrogen (secondary N) is 2. The third kappa shape index (κ3) is 5.59. The summed E-state index contributed by atoms with van der Waals surface area (Å²) < 4.78 is 36.1. The number of rotatable bonds is 8. The van der Waals surface area contributed by atoms with Crippen molar-refractivity contribution in [1.29, 1.82) is 0 Å². The maximum atomic E-state index is 13.0. The summed E-state index contributed by atoms with van der Waals surface area (Å²) in [4.78, 5) is 11.3. The van der Waals surface area contributed by atoms with Gasteiger partial charge in [0.25, 0.3) is 10.0 Å². The van der Waals surface area contributed by atoms with Crippen molar-refractivity contribution in [1.82, 2.24) is 25.1 Å². The van der Waals surface area contributed by atoms with E-state index >= 15 is 0 Å². The molecule has 2 N–H and O–H groups in total. The van der Waals surface area contributed by atoms with Crippen LogP contribution in [-0.2, 0) is 23.5 Å². The van der Waals surface area contributed by atoms with Gasteiger partial charge < -0.3 is 15.0 Å². The fourth-order valence-corrected chi connectivity index (χ4v) is 5.42. The normalized spacial score (nSPS) is 13.9. The number of ether oxygens (including phenoxy) is 1. The van der Waals surface area contributed by atoms with E-state index in [9.17, 15) is 8.42 Å². The topological polar surface area (TPSA) is 114 Å². The fourth-order valence-electron chi connectivity index (χ4n) is 4.26. The summed E-state index contributed by atoms with van der Waals surface area (Å²) in [7, 11) is -2.35. The minimum Gasteiger partial charge on any atom is -0.439 e. The molecule has 1 aliphatic heterocycles. The molecule has 0 bridgehead atoms. The van der Waals surface area contributed by atoms with E-state index in [0.717, 1.165) is 31.9 Å². The van der Waals surface area contributed by atoms with Crippen LogP contribution in [0.15, 0.2) is 65.8 Å². The first-order valence-electron chi connectivity index (χ1n) is 12.2. The van der Waals surface area contributed by atoms with Gasteiger partial charge in [-0.15, -0.1) is 0 Å². The van der Waals surface area contributed by atoms with Crippen molar-refractivity contribution in [2.24, 2.45) is 7.05 Å². The number of halogens is 1. The van der Waals surface area contributed by atoms with Gasteiger partial charge in [-0.1, -0.05) is 36.7 Å². The summed E-state index contributed by atoms with van der Waals surface area (Å²) in [6.07, 6.45) is 3.19. The summed E-state index contributed by atoms with van der Waals surface area (Å²) in [6, 6.07) is 15.0. The highest BCUT2D eigenvalue weighted by molar-refractivity contribution is 7.92. The van der Waals surface area contributed by atoms with E-state index in [1.54, 1.807) is 13.1 Å². The lowest BCUT2D eigenvalue weighted by Crippen LogP contribution is -2.43. The standard InChI is InChI=1S/C26H28ClN7O3S/c1-3-21-24(22-6-4-5-7-23(22)27)30-26(32-38(35,36)20-16-29-33(2)17-20)31-25(21)37-19-10-8-18(9-11-19)34-14-12-28-13-15-34/h4-11,16-17,28H,3,12-15H2,1-2H3,(H,30,31,32). The highest BCUT2D eigenvalue weighted by Crippen LogP contribution is 2.36. The van der Waals surface area contributed by atoms with Crippen molar-refractivity contribution in [3.05, 3.63) is 71.5 Å². The van der Waals surface area contributed by atoms with Gasteiger partial charge in [0.2, 0.25) is 11.8 Å². The number of benzene rings is 2. The van der Waals surface area contributed by atoms with Gasteiger partial charge in [-0.2, -0.15) is 10.1 Å². The van der Waals surface area contributed by atoms with Gasteiger partial charge in [-0.3, -0.25) is 4.68 Å². The predicted molar refractivity (Wildman–Crippen MR) is 147 cm³/mol. The lowest BCUT2D eigenvalue weighted by molar-refractivity contribution is 0.456. The molecule has 3 heterocycles. The SMILES string of the molecule is CCc1c(Oc2ccc(N3CCNCC3)cc2)nc(NS(=O)(=O)c2cnn(C)c2)nc1-c1ccccc1Cl.